The van der Waals surface area contributed by atoms with Crippen molar-refractivity contribution in [3.8, 4) is 0 Å². The van der Waals surface area contributed by atoms with E-state index in [0.29, 0.717) is 11.3 Å². The first-order chi connectivity index (χ1) is 7.50. The average molecular weight is 224 g/mol. The van der Waals surface area contributed by atoms with E-state index in [0.717, 1.165) is 6.07 Å². The molecule has 3 nitrogen and oxygen atoms in total. The Bertz CT molecular complexity index is 562. The second-order valence-electron chi connectivity index (χ2n) is 3.71. The number of carbonyl (C=O) groups is 1. The van der Waals surface area contributed by atoms with Crippen LogP contribution in [0, 0.1) is 11.6 Å². The second-order valence-corrected chi connectivity index (χ2v) is 3.71. The van der Waals surface area contributed by atoms with Gasteiger partial charge >= 0.3 is 0 Å². The molecule has 1 atom stereocenters. The molecular weight excluding hydrogens is 214 g/mol. The Hall–Kier alpha value is -1.78. The van der Waals surface area contributed by atoms with Gasteiger partial charge in [0.05, 0.1) is 11.4 Å². The molecule has 2 rings (SSSR count). The first-order valence-electron chi connectivity index (χ1n) is 4.84. The molecule has 0 amide bonds. The lowest BCUT2D eigenvalue weighted by Gasteiger charge is -2.01. The van der Waals surface area contributed by atoms with Crippen molar-refractivity contribution in [1.29, 1.82) is 0 Å². The third-order valence-electron chi connectivity index (χ3n) is 2.58. The fourth-order valence-corrected chi connectivity index (χ4v) is 1.43. The van der Waals surface area contributed by atoms with Crippen molar-refractivity contribution >= 4 is 16.8 Å². The van der Waals surface area contributed by atoms with Crippen molar-refractivity contribution in [3.63, 3.8) is 0 Å². The number of aromatic amines is 1. The summed E-state index contributed by atoms with van der Waals surface area (Å²) in [6.07, 6.45) is 0. The third-order valence-corrected chi connectivity index (χ3v) is 2.58. The second kappa shape index (κ2) is 3.66. The highest BCUT2D eigenvalue weighted by Gasteiger charge is 2.17. The highest BCUT2D eigenvalue weighted by Crippen LogP contribution is 2.21. The highest BCUT2D eigenvalue weighted by molar-refractivity contribution is 5.84. The summed E-state index contributed by atoms with van der Waals surface area (Å²) in [5, 5.41) is 0. The van der Waals surface area contributed by atoms with Gasteiger partial charge in [0.1, 0.15) is 17.1 Å². The number of carbonyl (C=O) groups excluding carboxylic acids is 1. The number of nitrogens with one attached hydrogen (secondary N) is 1. The molecule has 1 aromatic heterocycles. The van der Waals surface area contributed by atoms with Crippen molar-refractivity contribution in [2.24, 2.45) is 0 Å². The standard InChI is InChI=1S/C11H10F2N2O/c1-5(6(2)16)11-14-8-4-3-7(12)9(13)10(8)15-11/h3-5H,1-2H3,(H,14,15). The predicted octanol–water partition coefficient (Wildman–Crippen LogP) is 2.53. The van der Waals surface area contributed by atoms with Gasteiger partial charge in [-0.25, -0.2) is 13.8 Å². The number of hydrogen-bond acceptors (Lipinski definition) is 2. The van der Waals surface area contributed by atoms with Gasteiger partial charge in [0.15, 0.2) is 11.6 Å². The Morgan fingerprint density at radius 2 is 2.12 bits per heavy atom. The van der Waals surface area contributed by atoms with E-state index < -0.39 is 17.6 Å². The molecule has 0 saturated carbocycles. The number of hydrogen-bond donors (Lipinski definition) is 1. The Balaban J connectivity index is 2.60. The lowest BCUT2D eigenvalue weighted by molar-refractivity contribution is -0.118. The van der Waals surface area contributed by atoms with E-state index in [2.05, 4.69) is 9.97 Å². The molecule has 16 heavy (non-hydrogen) atoms. The van der Waals surface area contributed by atoms with Gasteiger partial charge in [0, 0.05) is 0 Å². The minimum absolute atomic E-state index is 0.0666. The minimum Gasteiger partial charge on any atom is -0.341 e. The largest absolute Gasteiger partial charge is 0.341 e. The quantitative estimate of drug-likeness (QED) is 0.851. The van der Waals surface area contributed by atoms with E-state index in [9.17, 15) is 13.6 Å². The molecule has 0 fully saturated rings. The molecule has 0 aliphatic heterocycles. The Kier molecular flexibility index (Phi) is 2.46. The molecule has 0 aliphatic carbocycles. The monoisotopic (exact) mass is 224 g/mol. The number of halogens is 2. The van der Waals surface area contributed by atoms with Crippen LogP contribution in [0.15, 0.2) is 12.1 Å². The van der Waals surface area contributed by atoms with E-state index in [1.165, 1.54) is 13.0 Å². The van der Waals surface area contributed by atoms with Crippen LogP contribution in [-0.4, -0.2) is 15.8 Å². The van der Waals surface area contributed by atoms with Crippen LogP contribution in [-0.2, 0) is 4.79 Å². The van der Waals surface area contributed by atoms with Gasteiger partial charge in [-0.15, -0.1) is 0 Å². The fraction of sp³-hybridized carbons (Fsp3) is 0.273. The topological polar surface area (TPSA) is 45.8 Å². The molecule has 0 saturated heterocycles. The fourth-order valence-electron chi connectivity index (χ4n) is 1.43. The van der Waals surface area contributed by atoms with Gasteiger partial charge in [-0.2, -0.15) is 0 Å². The summed E-state index contributed by atoms with van der Waals surface area (Å²) in [6.45, 7) is 3.09. The van der Waals surface area contributed by atoms with Gasteiger partial charge in [0.2, 0.25) is 0 Å². The van der Waals surface area contributed by atoms with Crippen LogP contribution >= 0.6 is 0 Å². The van der Waals surface area contributed by atoms with E-state index in [1.807, 2.05) is 0 Å². The summed E-state index contributed by atoms with van der Waals surface area (Å²) >= 11 is 0. The van der Waals surface area contributed by atoms with Crippen molar-refractivity contribution in [2.75, 3.05) is 0 Å². The summed E-state index contributed by atoms with van der Waals surface area (Å²) in [5.41, 5.74) is 0.324. The molecule has 1 unspecified atom stereocenters. The molecule has 1 heterocycles. The number of benzene rings is 1. The summed E-state index contributed by atoms with van der Waals surface area (Å²) in [7, 11) is 0. The van der Waals surface area contributed by atoms with Crippen molar-refractivity contribution < 1.29 is 13.6 Å². The molecule has 1 aromatic carbocycles. The summed E-state index contributed by atoms with van der Waals surface area (Å²) < 4.78 is 26.3. The lowest BCUT2D eigenvalue weighted by atomic mass is 10.1. The van der Waals surface area contributed by atoms with Crippen LogP contribution < -0.4 is 0 Å². The number of nitrogens with zero attached hydrogens (tertiary/aromatic N) is 1. The number of ketones is 1. The van der Waals surface area contributed by atoms with Crippen LogP contribution in [0.25, 0.3) is 11.0 Å². The first-order valence-corrected chi connectivity index (χ1v) is 4.84. The van der Waals surface area contributed by atoms with Crippen LogP contribution in [0.5, 0.6) is 0 Å². The average Bonchev–Trinajstić information content (AvgIpc) is 2.67. The Morgan fingerprint density at radius 1 is 1.44 bits per heavy atom. The molecule has 0 radical (unpaired) electrons. The number of rotatable bonds is 2. The zero-order valence-corrected chi connectivity index (χ0v) is 8.84. The van der Waals surface area contributed by atoms with Crippen molar-refractivity contribution in [3.05, 3.63) is 29.6 Å². The highest BCUT2D eigenvalue weighted by atomic mass is 19.2. The predicted molar refractivity (Wildman–Crippen MR) is 55.1 cm³/mol. The van der Waals surface area contributed by atoms with Crippen molar-refractivity contribution in [1.82, 2.24) is 9.97 Å². The molecule has 5 heteroatoms. The van der Waals surface area contributed by atoms with Gasteiger partial charge < -0.3 is 4.98 Å². The van der Waals surface area contributed by atoms with Crippen LogP contribution in [0.1, 0.15) is 25.6 Å². The smallest absolute Gasteiger partial charge is 0.186 e. The SMILES string of the molecule is CC(=O)C(C)c1nc2c(F)c(F)ccc2[nH]1. The molecule has 84 valence electrons. The van der Waals surface area contributed by atoms with Gasteiger partial charge in [-0.3, -0.25) is 4.79 Å². The van der Waals surface area contributed by atoms with Gasteiger partial charge in [0.25, 0.3) is 0 Å². The minimum atomic E-state index is -0.990. The van der Waals surface area contributed by atoms with Crippen LogP contribution in [0.4, 0.5) is 8.78 Å². The zero-order valence-electron chi connectivity index (χ0n) is 8.84. The van der Waals surface area contributed by atoms with E-state index >= 15 is 0 Å². The maximum Gasteiger partial charge on any atom is 0.186 e. The molecule has 0 spiro atoms. The summed E-state index contributed by atoms with van der Waals surface area (Å²) in [4.78, 5) is 17.9. The summed E-state index contributed by atoms with van der Waals surface area (Å²) in [5.74, 6) is -2.11. The molecule has 1 N–H and O–H groups in total. The zero-order chi connectivity index (χ0) is 11.9. The number of fused-ring (bicyclic) bond motifs is 1. The number of H-pyrrole nitrogens is 1. The van der Waals surface area contributed by atoms with Gasteiger partial charge in [-0.1, -0.05) is 0 Å². The van der Waals surface area contributed by atoms with Gasteiger partial charge in [-0.05, 0) is 26.0 Å². The third kappa shape index (κ3) is 1.58. The van der Waals surface area contributed by atoms with E-state index in [4.69, 9.17) is 0 Å². The number of Topliss-reactive ketones (excluding diaryl/α,β-unsaturated/α-hetero) is 1. The summed E-state index contributed by atoms with van der Waals surface area (Å²) in [6, 6.07) is 2.43. The molecule has 0 aliphatic rings. The lowest BCUT2D eigenvalue weighted by Crippen LogP contribution is -2.05. The van der Waals surface area contributed by atoms with E-state index in [-0.39, 0.29) is 11.3 Å². The molecule has 2 aromatic rings. The Morgan fingerprint density at radius 3 is 2.75 bits per heavy atom. The first kappa shape index (κ1) is 10.7. The normalized spacial score (nSPS) is 13.0. The van der Waals surface area contributed by atoms with E-state index in [1.54, 1.807) is 6.92 Å². The number of aromatic nitrogens is 2. The van der Waals surface area contributed by atoms with Crippen LogP contribution in [0.2, 0.25) is 0 Å². The maximum atomic E-state index is 13.3. The maximum absolute atomic E-state index is 13.3. The number of imidazole rings is 1. The molecular formula is C11H10F2N2O. The molecule has 0 bridgehead atoms. The van der Waals surface area contributed by atoms with Crippen molar-refractivity contribution in [2.45, 2.75) is 19.8 Å². The van der Waals surface area contributed by atoms with Crippen LogP contribution in [0.3, 0.4) is 0 Å². The Labute approximate surface area is 90.5 Å².